The Hall–Kier alpha value is -3.29. The molecule has 1 aliphatic heterocycles. The van der Waals surface area contributed by atoms with Gasteiger partial charge in [0.15, 0.2) is 0 Å². The molecule has 1 atom stereocenters. The van der Waals surface area contributed by atoms with Gasteiger partial charge in [-0.3, -0.25) is 4.98 Å². The molecule has 2 N–H and O–H groups in total. The lowest BCUT2D eigenvalue weighted by molar-refractivity contribution is -0.137. The van der Waals surface area contributed by atoms with Gasteiger partial charge in [-0.05, 0) is 43.5 Å². The second-order valence-corrected chi connectivity index (χ2v) is 7.87. The van der Waals surface area contributed by atoms with Crippen molar-refractivity contribution in [3.8, 4) is 5.75 Å². The number of nitrogens with one attached hydrogen (secondary N) is 2. The molecule has 156 valence electrons. The zero-order chi connectivity index (χ0) is 21.5. The van der Waals surface area contributed by atoms with Crippen LogP contribution in [0.4, 0.5) is 23.7 Å². The first-order valence-electron chi connectivity index (χ1n) is 9.43. The third-order valence-corrected chi connectivity index (χ3v) is 5.04. The lowest BCUT2D eigenvalue weighted by atomic mass is 9.89. The number of halogens is 3. The number of nitrogens with zero attached hydrogens (tertiary/aromatic N) is 1. The molecule has 2 aromatic carbocycles. The first-order chi connectivity index (χ1) is 14.1. The van der Waals surface area contributed by atoms with Gasteiger partial charge in [-0.15, -0.1) is 0 Å². The molecule has 0 saturated heterocycles. The lowest BCUT2D eigenvalue weighted by Crippen LogP contribution is -2.42. The second-order valence-electron chi connectivity index (χ2n) is 7.87. The molecule has 5 nitrogen and oxygen atoms in total. The lowest BCUT2D eigenvalue weighted by Gasteiger charge is -2.38. The van der Waals surface area contributed by atoms with Gasteiger partial charge < -0.3 is 15.4 Å². The molecule has 0 spiro atoms. The second kappa shape index (κ2) is 7.19. The third-order valence-electron chi connectivity index (χ3n) is 5.04. The number of carbonyl (C=O) groups is 1. The van der Waals surface area contributed by atoms with E-state index in [2.05, 4.69) is 15.6 Å². The van der Waals surface area contributed by atoms with E-state index in [-0.39, 0.29) is 5.75 Å². The highest BCUT2D eigenvalue weighted by atomic mass is 19.4. The van der Waals surface area contributed by atoms with Crippen molar-refractivity contribution in [2.24, 2.45) is 0 Å². The number of rotatable bonds is 2. The standard InChI is InChI=1S/C22H20F3N3O2/c1-21(2)11-18(15-7-6-14(22(23,24)25)10-19(15)30-21)28-20(29)27-17-5-3-4-13-8-9-26-12-16(13)17/h3-10,12,18H,11H2,1-2H3,(H2,27,28,29)/t18-/m1/s1. The topological polar surface area (TPSA) is 63.2 Å². The molecular weight excluding hydrogens is 395 g/mol. The minimum Gasteiger partial charge on any atom is -0.487 e. The van der Waals surface area contributed by atoms with E-state index in [9.17, 15) is 18.0 Å². The van der Waals surface area contributed by atoms with Crippen molar-refractivity contribution < 1.29 is 22.7 Å². The number of anilines is 1. The van der Waals surface area contributed by atoms with Crippen LogP contribution in [-0.2, 0) is 6.18 Å². The Balaban J connectivity index is 1.59. The van der Waals surface area contributed by atoms with Gasteiger partial charge in [0.05, 0.1) is 17.3 Å². The first kappa shape index (κ1) is 20.0. The van der Waals surface area contributed by atoms with Gasteiger partial charge in [0, 0.05) is 29.8 Å². The highest BCUT2D eigenvalue weighted by molar-refractivity contribution is 6.01. The summed E-state index contributed by atoms with van der Waals surface area (Å²) in [5.74, 6) is 0.126. The molecule has 30 heavy (non-hydrogen) atoms. The van der Waals surface area contributed by atoms with E-state index in [1.54, 1.807) is 32.3 Å². The number of alkyl halides is 3. The van der Waals surface area contributed by atoms with Crippen LogP contribution in [0.1, 0.15) is 37.4 Å². The number of ether oxygens (including phenoxy) is 1. The van der Waals surface area contributed by atoms with Crippen LogP contribution in [0, 0.1) is 0 Å². The summed E-state index contributed by atoms with van der Waals surface area (Å²) in [6.45, 7) is 3.55. The molecule has 0 bridgehead atoms. The Morgan fingerprint density at radius 3 is 2.77 bits per heavy atom. The fraction of sp³-hybridized carbons (Fsp3) is 0.273. The monoisotopic (exact) mass is 415 g/mol. The number of aromatic nitrogens is 1. The van der Waals surface area contributed by atoms with Gasteiger partial charge in [0.2, 0.25) is 0 Å². The summed E-state index contributed by atoms with van der Waals surface area (Å²) in [7, 11) is 0. The maximum absolute atomic E-state index is 13.1. The van der Waals surface area contributed by atoms with E-state index >= 15 is 0 Å². The van der Waals surface area contributed by atoms with Crippen molar-refractivity contribution >= 4 is 22.5 Å². The molecular formula is C22H20F3N3O2. The normalized spacial score (nSPS) is 17.7. The van der Waals surface area contributed by atoms with Crippen LogP contribution < -0.4 is 15.4 Å². The van der Waals surface area contributed by atoms with Crippen molar-refractivity contribution in [1.29, 1.82) is 0 Å². The summed E-state index contributed by atoms with van der Waals surface area (Å²) >= 11 is 0. The SMILES string of the molecule is CC1(C)C[C@@H](NC(=O)Nc2cccc3ccncc23)c2ccc(C(F)(F)F)cc2O1. The maximum Gasteiger partial charge on any atom is 0.416 e. The summed E-state index contributed by atoms with van der Waals surface area (Å²) in [5, 5.41) is 7.41. The number of hydrogen-bond acceptors (Lipinski definition) is 3. The Kier molecular flexibility index (Phi) is 4.80. The molecule has 0 radical (unpaired) electrons. The minimum atomic E-state index is -4.47. The smallest absolute Gasteiger partial charge is 0.416 e. The van der Waals surface area contributed by atoms with Crippen molar-refractivity contribution in [2.75, 3.05) is 5.32 Å². The van der Waals surface area contributed by atoms with E-state index in [1.165, 1.54) is 6.07 Å². The molecule has 0 saturated carbocycles. The van der Waals surface area contributed by atoms with Crippen LogP contribution in [0.3, 0.4) is 0 Å². The van der Waals surface area contributed by atoms with Crippen LogP contribution in [0.2, 0.25) is 0 Å². The molecule has 3 aromatic rings. The summed E-state index contributed by atoms with van der Waals surface area (Å²) in [5.41, 5.74) is -0.419. The van der Waals surface area contributed by atoms with Gasteiger partial charge >= 0.3 is 12.2 Å². The van der Waals surface area contributed by atoms with Crippen LogP contribution in [-0.4, -0.2) is 16.6 Å². The van der Waals surface area contributed by atoms with Gasteiger partial charge in [-0.1, -0.05) is 18.2 Å². The quantitative estimate of drug-likeness (QED) is 0.566. The molecule has 2 heterocycles. The Labute approximate surface area is 171 Å². The van der Waals surface area contributed by atoms with Crippen molar-refractivity contribution in [3.63, 3.8) is 0 Å². The molecule has 2 amide bonds. The van der Waals surface area contributed by atoms with E-state index in [0.29, 0.717) is 17.7 Å². The number of urea groups is 1. The predicted octanol–water partition coefficient (Wildman–Crippen LogP) is 5.68. The molecule has 1 aliphatic rings. The molecule has 4 rings (SSSR count). The van der Waals surface area contributed by atoms with Crippen molar-refractivity contribution in [3.05, 3.63) is 66.0 Å². The van der Waals surface area contributed by atoms with E-state index in [1.807, 2.05) is 18.2 Å². The summed E-state index contributed by atoms with van der Waals surface area (Å²) in [6, 6.07) is 9.73. The van der Waals surface area contributed by atoms with Gasteiger partial charge in [-0.25, -0.2) is 4.79 Å². The fourth-order valence-corrected chi connectivity index (χ4v) is 3.70. The van der Waals surface area contributed by atoms with Crippen LogP contribution in [0.5, 0.6) is 5.75 Å². The maximum atomic E-state index is 13.1. The number of carbonyl (C=O) groups excluding carboxylic acids is 1. The number of hydrogen-bond donors (Lipinski definition) is 2. The summed E-state index contributed by atoms with van der Waals surface area (Å²) < 4.78 is 45.0. The summed E-state index contributed by atoms with van der Waals surface area (Å²) in [4.78, 5) is 16.8. The highest BCUT2D eigenvalue weighted by Crippen LogP contribution is 2.42. The van der Waals surface area contributed by atoms with Crippen molar-refractivity contribution in [1.82, 2.24) is 10.3 Å². The molecule has 8 heteroatoms. The van der Waals surface area contributed by atoms with E-state index in [4.69, 9.17) is 4.74 Å². The number of amides is 2. The number of benzene rings is 2. The molecule has 0 unspecified atom stereocenters. The molecule has 0 fully saturated rings. The van der Waals surface area contributed by atoms with Gasteiger partial charge in [0.25, 0.3) is 0 Å². The van der Waals surface area contributed by atoms with Gasteiger partial charge in [0.1, 0.15) is 11.4 Å². The van der Waals surface area contributed by atoms with E-state index < -0.39 is 29.4 Å². The number of fused-ring (bicyclic) bond motifs is 2. The Bertz CT molecular complexity index is 1110. The Morgan fingerprint density at radius 2 is 2.00 bits per heavy atom. The molecule has 0 aliphatic carbocycles. The zero-order valence-corrected chi connectivity index (χ0v) is 16.4. The zero-order valence-electron chi connectivity index (χ0n) is 16.4. The first-order valence-corrected chi connectivity index (χ1v) is 9.43. The van der Waals surface area contributed by atoms with Gasteiger partial charge in [-0.2, -0.15) is 13.2 Å². The van der Waals surface area contributed by atoms with Crippen LogP contribution in [0.25, 0.3) is 10.8 Å². The Morgan fingerprint density at radius 1 is 1.20 bits per heavy atom. The summed E-state index contributed by atoms with van der Waals surface area (Å²) in [6.07, 6.45) is -0.725. The van der Waals surface area contributed by atoms with Crippen LogP contribution in [0.15, 0.2) is 54.9 Å². The number of pyridine rings is 1. The predicted molar refractivity (Wildman–Crippen MR) is 107 cm³/mol. The largest absolute Gasteiger partial charge is 0.487 e. The van der Waals surface area contributed by atoms with Crippen LogP contribution >= 0.6 is 0 Å². The van der Waals surface area contributed by atoms with E-state index in [0.717, 1.165) is 22.9 Å². The highest BCUT2D eigenvalue weighted by Gasteiger charge is 2.37. The van der Waals surface area contributed by atoms with Crippen molar-refractivity contribution in [2.45, 2.75) is 38.1 Å². The fourth-order valence-electron chi connectivity index (χ4n) is 3.70. The average Bonchev–Trinajstić information content (AvgIpc) is 2.66. The minimum absolute atomic E-state index is 0.126. The molecule has 1 aromatic heterocycles. The average molecular weight is 415 g/mol. The third kappa shape index (κ3) is 4.03.